The van der Waals surface area contributed by atoms with Crippen molar-refractivity contribution in [1.82, 2.24) is 10.2 Å². The van der Waals surface area contributed by atoms with E-state index < -0.39 is 6.04 Å². The van der Waals surface area contributed by atoms with E-state index in [1.54, 1.807) is 17.0 Å². The van der Waals surface area contributed by atoms with Crippen molar-refractivity contribution in [3.05, 3.63) is 71.0 Å². The van der Waals surface area contributed by atoms with E-state index in [0.29, 0.717) is 25.8 Å². The van der Waals surface area contributed by atoms with Crippen LogP contribution >= 0.6 is 0 Å². The summed E-state index contributed by atoms with van der Waals surface area (Å²) in [4.78, 5) is 27.4. The maximum atomic E-state index is 13.3. The number of nitrogens with zero attached hydrogens (tertiary/aromatic N) is 1. The lowest BCUT2D eigenvalue weighted by Gasteiger charge is -2.30. The molecule has 0 saturated carbocycles. The first-order valence-electron chi connectivity index (χ1n) is 11.1. The normalized spacial score (nSPS) is 12.3. The van der Waals surface area contributed by atoms with Gasteiger partial charge < -0.3 is 10.2 Å². The Hall–Kier alpha value is -2.69. The highest BCUT2D eigenvalue weighted by Crippen LogP contribution is 2.23. The number of aryl methyl sites for hydroxylation is 1. The first-order chi connectivity index (χ1) is 14.7. The summed E-state index contributed by atoms with van der Waals surface area (Å²) >= 11 is 0. The second-order valence-electron chi connectivity index (χ2n) is 8.91. The molecule has 0 aliphatic carbocycles. The van der Waals surface area contributed by atoms with E-state index in [1.807, 2.05) is 13.8 Å². The van der Waals surface area contributed by atoms with Crippen molar-refractivity contribution in [3.8, 4) is 0 Å². The molecular weight excluding hydrogens is 391 g/mol. The van der Waals surface area contributed by atoms with Crippen LogP contribution in [-0.2, 0) is 28.0 Å². The smallest absolute Gasteiger partial charge is 0.242 e. The van der Waals surface area contributed by atoms with Gasteiger partial charge in [0, 0.05) is 19.5 Å². The van der Waals surface area contributed by atoms with Gasteiger partial charge in [0.25, 0.3) is 0 Å². The summed E-state index contributed by atoms with van der Waals surface area (Å²) in [7, 11) is 0. The number of carbonyl (C=O) groups excluding carboxylic acids is 2. The van der Waals surface area contributed by atoms with Gasteiger partial charge in [-0.2, -0.15) is 0 Å². The van der Waals surface area contributed by atoms with Crippen LogP contribution in [0, 0.1) is 5.82 Å². The molecule has 0 spiro atoms. The van der Waals surface area contributed by atoms with Crippen LogP contribution in [0.1, 0.15) is 64.2 Å². The van der Waals surface area contributed by atoms with E-state index in [1.165, 1.54) is 17.7 Å². The molecule has 0 unspecified atom stereocenters. The van der Waals surface area contributed by atoms with Crippen LogP contribution in [-0.4, -0.2) is 29.3 Å². The zero-order valence-corrected chi connectivity index (χ0v) is 19.4. The standard InChI is InChI=1S/C26H35FN2O2/c1-6-23(25(31)28-7-2)29(18-20-10-15-22(27)16-11-20)24(30)17-12-19-8-13-21(14-9-19)26(3,4)5/h8-11,13-16,23H,6-7,12,17-18H2,1-5H3,(H,28,31)/t23-/m1/s1. The van der Waals surface area contributed by atoms with Crippen LogP contribution in [0.25, 0.3) is 0 Å². The highest BCUT2D eigenvalue weighted by Gasteiger charge is 2.28. The minimum atomic E-state index is -0.555. The molecule has 2 aromatic carbocycles. The van der Waals surface area contributed by atoms with Crippen LogP contribution in [0.2, 0.25) is 0 Å². The fraction of sp³-hybridized carbons (Fsp3) is 0.462. The van der Waals surface area contributed by atoms with Crippen molar-refractivity contribution in [2.24, 2.45) is 0 Å². The Morgan fingerprint density at radius 2 is 1.55 bits per heavy atom. The van der Waals surface area contributed by atoms with E-state index in [-0.39, 0.29) is 29.6 Å². The predicted molar refractivity (Wildman–Crippen MR) is 123 cm³/mol. The lowest BCUT2D eigenvalue weighted by atomic mass is 9.86. The van der Waals surface area contributed by atoms with Gasteiger partial charge in [0.15, 0.2) is 0 Å². The van der Waals surface area contributed by atoms with Gasteiger partial charge in [-0.05, 0) is 54.0 Å². The first kappa shape index (κ1) is 24.6. The zero-order valence-electron chi connectivity index (χ0n) is 19.4. The molecule has 4 nitrogen and oxygen atoms in total. The fourth-order valence-corrected chi connectivity index (χ4v) is 3.56. The molecule has 0 radical (unpaired) electrons. The van der Waals surface area contributed by atoms with E-state index in [9.17, 15) is 14.0 Å². The lowest BCUT2D eigenvalue weighted by molar-refractivity contribution is -0.141. The molecule has 0 bridgehead atoms. The van der Waals surface area contributed by atoms with Crippen LogP contribution in [0.15, 0.2) is 48.5 Å². The van der Waals surface area contributed by atoms with Gasteiger partial charge in [0.05, 0.1) is 0 Å². The molecule has 1 N–H and O–H groups in total. The second-order valence-corrected chi connectivity index (χ2v) is 8.91. The molecule has 0 fully saturated rings. The molecule has 0 aromatic heterocycles. The quantitative estimate of drug-likeness (QED) is 0.613. The van der Waals surface area contributed by atoms with E-state index >= 15 is 0 Å². The van der Waals surface area contributed by atoms with Gasteiger partial charge in [-0.1, -0.05) is 64.1 Å². The van der Waals surface area contributed by atoms with Gasteiger partial charge in [-0.15, -0.1) is 0 Å². The molecule has 5 heteroatoms. The van der Waals surface area contributed by atoms with Crippen molar-refractivity contribution < 1.29 is 14.0 Å². The van der Waals surface area contributed by atoms with Crippen LogP contribution < -0.4 is 5.32 Å². The van der Waals surface area contributed by atoms with Crippen LogP contribution in [0.3, 0.4) is 0 Å². The monoisotopic (exact) mass is 426 g/mol. The molecule has 0 heterocycles. The minimum absolute atomic E-state index is 0.0812. The average molecular weight is 427 g/mol. The Bertz CT molecular complexity index is 854. The number of hydrogen-bond donors (Lipinski definition) is 1. The van der Waals surface area contributed by atoms with Crippen molar-refractivity contribution >= 4 is 11.8 Å². The van der Waals surface area contributed by atoms with Gasteiger partial charge in [0.2, 0.25) is 11.8 Å². The molecule has 1 atom stereocenters. The number of rotatable bonds is 9. The largest absolute Gasteiger partial charge is 0.355 e. The zero-order chi connectivity index (χ0) is 23.0. The molecule has 0 aliphatic heterocycles. The third-order valence-corrected chi connectivity index (χ3v) is 5.45. The molecule has 2 rings (SSSR count). The Labute approximate surface area is 185 Å². The number of nitrogens with one attached hydrogen (secondary N) is 1. The fourth-order valence-electron chi connectivity index (χ4n) is 3.56. The molecule has 168 valence electrons. The number of halogens is 1. The molecule has 0 saturated heterocycles. The van der Waals surface area contributed by atoms with Gasteiger partial charge >= 0.3 is 0 Å². The summed E-state index contributed by atoms with van der Waals surface area (Å²) in [6.45, 7) is 11.1. The van der Waals surface area contributed by atoms with Crippen molar-refractivity contribution in [2.75, 3.05) is 6.54 Å². The van der Waals surface area contributed by atoms with E-state index in [4.69, 9.17) is 0 Å². The summed E-state index contributed by atoms with van der Waals surface area (Å²) in [6, 6.07) is 13.9. The Balaban J connectivity index is 2.16. The van der Waals surface area contributed by atoms with E-state index in [0.717, 1.165) is 11.1 Å². The second kappa shape index (κ2) is 11.1. The number of hydrogen-bond acceptors (Lipinski definition) is 2. The van der Waals surface area contributed by atoms with Gasteiger partial charge in [0.1, 0.15) is 11.9 Å². The van der Waals surface area contributed by atoms with Crippen molar-refractivity contribution in [2.45, 2.75) is 71.9 Å². The predicted octanol–water partition coefficient (Wildman–Crippen LogP) is 5.00. The molecular formula is C26H35FN2O2. The maximum Gasteiger partial charge on any atom is 0.242 e. The average Bonchev–Trinajstić information content (AvgIpc) is 2.73. The number of carbonyl (C=O) groups is 2. The van der Waals surface area contributed by atoms with Crippen molar-refractivity contribution in [3.63, 3.8) is 0 Å². The molecule has 0 aliphatic rings. The molecule has 2 aromatic rings. The number of likely N-dealkylation sites (N-methyl/N-ethyl adjacent to an activating group) is 1. The minimum Gasteiger partial charge on any atom is -0.355 e. The third kappa shape index (κ3) is 7.20. The summed E-state index contributed by atoms with van der Waals surface area (Å²) < 4.78 is 13.3. The summed E-state index contributed by atoms with van der Waals surface area (Å²) in [5.41, 5.74) is 3.23. The van der Waals surface area contributed by atoms with Crippen LogP contribution in [0.4, 0.5) is 4.39 Å². The highest BCUT2D eigenvalue weighted by molar-refractivity contribution is 5.87. The molecule has 31 heavy (non-hydrogen) atoms. The van der Waals surface area contributed by atoms with Crippen molar-refractivity contribution in [1.29, 1.82) is 0 Å². The molecule has 2 amide bonds. The van der Waals surface area contributed by atoms with Gasteiger partial charge in [-0.25, -0.2) is 4.39 Å². The maximum absolute atomic E-state index is 13.3. The Morgan fingerprint density at radius 1 is 0.968 bits per heavy atom. The Kier molecular flexibility index (Phi) is 8.78. The SMILES string of the molecule is CCNC(=O)[C@@H](CC)N(Cc1ccc(F)cc1)C(=O)CCc1ccc(C(C)(C)C)cc1. The summed E-state index contributed by atoms with van der Waals surface area (Å²) in [5, 5.41) is 2.83. The number of amides is 2. The highest BCUT2D eigenvalue weighted by atomic mass is 19.1. The lowest BCUT2D eigenvalue weighted by Crippen LogP contribution is -2.49. The van der Waals surface area contributed by atoms with E-state index in [2.05, 4.69) is 50.4 Å². The third-order valence-electron chi connectivity index (χ3n) is 5.45. The Morgan fingerprint density at radius 3 is 2.06 bits per heavy atom. The number of benzene rings is 2. The summed E-state index contributed by atoms with van der Waals surface area (Å²) in [5.74, 6) is -0.562. The summed E-state index contributed by atoms with van der Waals surface area (Å²) in [6.07, 6.45) is 1.43. The van der Waals surface area contributed by atoms with Gasteiger partial charge in [-0.3, -0.25) is 9.59 Å². The van der Waals surface area contributed by atoms with Crippen LogP contribution in [0.5, 0.6) is 0 Å². The first-order valence-corrected chi connectivity index (χ1v) is 11.1. The topological polar surface area (TPSA) is 49.4 Å².